The number of hydrogen-bond acceptors (Lipinski definition) is 17. The molecule has 0 bridgehead atoms. The maximum absolute atomic E-state index is 14.7. The second-order valence-electron chi connectivity index (χ2n) is 26.4. The summed E-state index contributed by atoms with van der Waals surface area (Å²) >= 11 is 0. The number of nitrogens with one attached hydrogen (secondary N) is 6. The van der Waals surface area contributed by atoms with E-state index in [2.05, 4.69) is 35.1 Å². The summed E-state index contributed by atoms with van der Waals surface area (Å²) in [4.78, 5) is 64.2. The molecule has 0 radical (unpaired) electrons. The van der Waals surface area contributed by atoms with Gasteiger partial charge in [0.05, 0.1) is 91.8 Å². The molecule has 2 aliphatic heterocycles. The largest absolute Gasteiger partial charge is 0.349 e. The van der Waals surface area contributed by atoms with Gasteiger partial charge in [0, 0.05) is 58.4 Å². The summed E-state index contributed by atoms with van der Waals surface area (Å²) in [5.41, 5.74) is 10.7. The van der Waals surface area contributed by atoms with Gasteiger partial charge in [0.2, 0.25) is 59.4 Å². The van der Waals surface area contributed by atoms with Gasteiger partial charge >= 0.3 is 0 Å². The van der Waals surface area contributed by atoms with Crippen molar-refractivity contribution in [1.82, 2.24) is 30.9 Å². The van der Waals surface area contributed by atoms with Crippen LogP contribution in [0.3, 0.4) is 0 Å². The number of rotatable bonds is 18. The van der Waals surface area contributed by atoms with E-state index in [-0.39, 0.29) is 63.9 Å². The van der Waals surface area contributed by atoms with Crippen LogP contribution in [0.5, 0.6) is 0 Å². The van der Waals surface area contributed by atoms with Gasteiger partial charge in [0.15, 0.2) is 5.78 Å². The number of hydrogen-bond donors (Lipinski definition) is 6. The number of ketones is 1. The average molecular weight is 1430 g/mol. The van der Waals surface area contributed by atoms with Crippen molar-refractivity contribution in [2.75, 3.05) is 59.4 Å². The maximum atomic E-state index is 14.7. The van der Waals surface area contributed by atoms with E-state index in [9.17, 15) is 57.6 Å². The molecule has 99 heavy (non-hydrogen) atoms. The maximum Gasteiger partial charge on any atom is 0.229 e. The van der Waals surface area contributed by atoms with Crippen molar-refractivity contribution in [1.29, 1.82) is 0 Å². The smallest absolute Gasteiger partial charge is 0.229 e. The van der Waals surface area contributed by atoms with Crippen molar-refractivity contribution in [2.45, 2.75) is 150 Å². The van der Waals surface area contributed by atoms with Crippen molar-refractivity contribution >= 4 is 70.6 Å². The molecule has 534 valence electrons. The fourth-order valence-corrected chi connectivity index (χ4v) is 14.7. The highest BCUT2D eigenvalue weighted by atomic mass is 32.2. The van der Waals surface area contributed by atoms with Crippen LogP contribution >= 0.6 is 0 Å². The lowest BCUT2D eigenvalue weighted by atomic mass is 9.85. The van der Waals surface area contributed by atoms with Crippen molar-refractivity contribution in [3.05, 3.63) is 174 Å². The lowest BCUT2D eigenvalue weighted by Crippen LogP contribution is -2.36. The van der Waals surface area contributed by atoms with E-state index in [1.807, 2.05) is 44.2 Å². The van der Waals surface area contributed by atoms with Crippen LogP contribution < -0.4 is 30.1 Å². The molecular weight excluding hydrogens is 1340 g/mol. The first-order valence-corrected chi connectivity index (χ1v) is 38.3. The van der Waals surface area contributed by atoms with Gasteiger partial charge in [-0.3, -0.25) is 43.3 Å². The molecule has 3 amide bonds. The number of pyridine rings is 3. The van der Waals surface area contributed by atoms with Crippen LogP contribution in [0.4, 0.5) is 30.2 Å². The fraction of sp³-hybridized carbons (Fsp3) is 0.471. The van der Waals surface area contributed by atoms with E-state index in [1.54, 1.807) is 59.7 Å². The van der Waals surface area contributed by atoms with Gasteiger partial charge in [-0.15, -0.1) is 0 Å². The molecule has 3 aliphatic carbocycles. The molecule has 2 saturated heterocycles. The topological polar surface area (TPSA) is 318 Å². The molecule has 2 fully saturated rings. The molecule has 5 aliphatic rings. The van der Waals surface area contributed by atoms with Gasteiger partial charge in [0.25, 0.3) is 0 Å². The minimum Gasteiger partial charge on any atom is -0.349 e. The predicted molar refractivity (Wildman–Crippen MR) is 366 cm³/mol. The summed E-state index contributed by atoms with van der Waals surface area (Å²) in [6.07, 6.45) is 8.43. The third-order valence-electron chi connectivity index (χ3n) is 18.3. The highest BCUT2D eigenvalue weighted by Gasteiger charge is 2.39. The van der Waals surface area contributed by atoms with Crippen LogP contribution in [-0.2, 0) is 114 Å². The minimum atomic E-state index is -3.53. The Labute approximate surface area is 576 Å². The Morgan fingerprint density at radius 3 is 1.03 bits per heavy atom. The number of aryl methyl sites for hydroxylation is 6. The van der Waals surface area contributed by atoms with Crippen LogP contribution in [0.2, 0.25) is 0 Å². The molecule has 6 atom stereocenters. The number of fused-ring (bicyclic) bond motifs is 3. The molecule has 0 saturated carbocycles. The minimum absolute atomic E-state index is 0.0911. The van der Waals surface area contributed by atoms with Crippen molar-refractivity contribution in [3.63, 3.8) is 0 Å². The van der Waals surface area contributed by atoms with Crippen molar-refractivity contribution < 1.29 is 76.6 Å². The molecule has 23 nitrogen and oxygen atoms in total. The SMILES string of the molecule is CC(=O)c1ccc2c(n1)CCC(C(=O)N[C@H](C)c1cc(C)c(NS(C)(=O)=O)cc1F)C2.Cc1cc([C@@H](C)NC(=O)[C@@H]2CCc3nc(C4(C)OCCO4)ccc3C2)c(F)cc1NS(C)(=O)=O.Cc1cc([C@@H](C)NC(=O)[C@H]2CCc3nc(C4(C)OCCO4)ccc3C2)c(F)cc1NS(C)(=O)=O. The van der Waals surface area contributed by atoms with E-state index in [4.69, 9.17) is 28.9 Å². The Morgan fingerprint density at radius 1 is 0.465 bits per heavy atom. The zero-order chi connectivity index (χ0) is 72.3. The number of halogens is 3. The highest BCUT2D eigenvalue weighted by molar-refractivity contribution is 7.92. The number of anilines is 3. The molecule has 3 aromatic carbocycles. The van der Waals surface area contributed by atoms with Gasteiger partial charge in [0.1, 0.15) is 23.1 Å². The summed E-state index contributed by atoms with van der Waals surface area (Å²) in [5.74, 6) is -4.73. The first-order chi connectivity index (χ1) is 46.3. The number of carbonyl (C=O) groups is 4. The molecule has 0 spiro atoms. The first-order valence-electron chi connectivity index (χ1n) is 32.6. The fourth-order valence-electron chi connectivity index (χ4n) is 12.8. The van der Waals surface area contributed by atoms with Crippen molar-refractivity contribution in [3.8, 4) is 0 Å². The number of aromatic nitrogens is 3. The van der Waals surface area contributed by atoms with Crippen LogP contribution in [0.15, 0.2) is 72.8 Å². The van der Waals surface area contributed by atoms with Crippen LogP contribution in [0.1, 0.15) is 168 Å². The number of ether oxygens (including phenoxy) is 4. The summed E-state index contributed by atoms with van der Waals surface area (Å²) in [7, 11) is -10.6. The van der Waals surface area contributed by atoms with Crippen LogP contribution in [0.25, 0.3) is 0 Å². The lowest BCUT2D eigenvalue weighted by Gasteiger charge is -2.27. The second-order valence-corrected chi connectivity index (χ2v) is 31.7. The second kappa shape index (κ2) is 30.5. The summed E-state index contributed by atoms with van der Waals surface area (Å²) in [6.45, 7) is 17.5. The lowest BCUT2D eigenvalue weighted by molar-refractivity contribution is -0.153. The van der Waals surface area contributed by atoms with Crippen LogP contribution in [-0.4, -0.2) is 109 Å². The highest BCUT2D eigenvalue weighted by Crippen LogP contribution is 2.37. The normalized spacial score (nSPS) is 19.3. The molecule has 5 heterocycles. The Balaban J connectivity index is 0.000000174. The average Bonchev–Trinajstić information content (AvgIpc) is 1.79. The number of benzene rings is 3. The summed E-state index contributed by atoms with van der Waals surface area (Å²) < 4.78 is 143. The standard InChI is InChI=1S/2C24H30FN3O5S.C22H26FN3O4S/c2*1-14-11-18(19(25)13-21(14)28-34(4,30)31)15(2)26-23(29)17-5-7-20-16(12-17)6-8-22(27-20)24(3)32-9-10-33-24;1-12-9-17(18(23)11-21(12)26-31(4,29)30)13(2)24-22(28)16-6-8-20-15(10-16)5-7-19(25-20)14(3)27/h2*6,8,11,13,15,17,28H,5,7,9-10,12H2,1-4H3,(H,26,29);5,7,9,11,13,16,26H,6,8,10H2,1-4H3,(H,24,28)/t15-,17+;15-,17-;13-,16?/m111/s1. The number of Topliss-reactive ketones (excluding diaryl/α,β-unsaturated/α-hetero) is 1. The van der Waals surface area contributed by atoms with E-state index in [0.717, 1.165) is 82.1 Å². The Hall–Kier alpha value is -7.93. The third-order valence-corrected chi connectivity index (χ3v) is 20.0. The van der Waals surface area contributed by atoms with Gasteiger partial charge in [-0.05, 0) is 201 Å². The van der Waals surface area contributed by atoms with Gasteiger partial charge in [-0.2, -0.15) is 0 Å². The van der Waals surface area contributed by atoms with E-state index in [1.165, 1.54) is 13.0 Å². The molecular formula is C70H86F3N9O14S3. The number of sulfonamides is 3. The van der Waals surface area contributed by atoms with E-state index >= 15 is 0 Å². The van der Waals surface area contributed by atoms with Gasteiger partial charge in [-0.25, -0.2) is 43.4 Å². The number of nitrogens with zero attached hydrogens (tertiary/aromatic N) is 3. The van der Waals surface area contributed by atoms with Gasteiger partial charge in [-0.1, -0.05) is 18.2 Å². The number of amides is 3. The molecule has 11 rings (SSSR count). The third kappa shape index (κ3) is 19.1. The molecule has 6 aromatic rings. The molecule has 3 aromatic heterocycles. The Bertz CT molecular complexity index is 4270. The quantitative estimate of drug-likeness (QED) is 0.0436. The van der Waals surface area contributed by atoms with Gasteiger partial charge < -0.3 is 34.9 Å². The molecule has 1 unspecified atom stereocenters. The Kier molecular flexibility index (Phi) is 23.2. The van der Waals surface area contributed by atoms with Crippen molar-refractivity contribution in [2.24, 2.45) is 17.8 Å². The number of carbonyl (C=O) groups excluding carboxylic acids is 4. The van der Waals surface area contributed by atoms with Crippen LogP contribution in [0, 0.1) is 56.0 Å². The molecule has 6 N–H and O–H groups in total. The monoisotopic (exact) mass is 1430 g/mol. The first kappa shape index (κ1) is 75.3. The summed E-state index contributed by atoms with van der Waals surface area (Å²) in [5, 5.41) is 8.70. The predicted octanol–water partition coefficient (Wildman–Crippen LogP) is 9.29. The van der Waals surface area contributed by atoms with E-state index < -0.39 is 77.2 Å². The van der Waals surface area contributed by atoms with E-state index in [0.29, 0.717) is 118 Å². The zero-order valence-corrected chi connectivity index (χ0v) is 59.9. The zero-order valence-electron chi connectivity index (χ0n) is 57.5. The summed E-state index contributed by atoms with van der Waals surface area (Å²) in [6, 6.07) is 17.6. The Morgan fingerprint density at radius 2 is 0.747 bits per heavy atom. The molecule has 29 heteroatoms.